The molecule has 0 aromatic heterocycles. The summed E-state index contributed by atoms with van der Waals surface area (Å²) in [7, 11) is 1.47. The van der Waals surface area contributed by atoms with Gasteiger partial charge >= 0.3 is 0 Å². The summed E-state index contributed by atoms with van der Waals surface area (Å²) in [6.07, 6.45) is 2.43. The molecule has 0 bridgehead atoms. The smallest absolute Gasteiger partial charge is 0.165 e. The Morgan fingerprint density at radius 3 is 2.73 bits per heavy atom. The van der Waals surface area contributed by atoms with Crippen molar-refractivity contribution in [2.45, 2.75) is 18.8 Å². The summed E-state index contributed by atoms with van der Waals surface area (Å²) in [6.45, 7) is 0. The van der Waals surface area contributed by atoms with Crippen LogP contribution in [0.4, 0.5) is 4.39 Å². The molecule has 1 aromatic carbocycles. The van der Waals surface area contributed by atoms with Gasteiger partial charge in [0.2, 0.25) is 0 Å². The first-order valence-corrected chi connectivity index (χ1v) is 5.69. The molecule has 1 saturated carbocycles. The van der Waals surface area contributed by atoms with Crippen LogP contribution in [0.5, 0.6) is 5.75 Å². The average Bonchev–Trinajstić information content (AvgIpc) is 3.03. The van der Waals surface area contributed by atoms with E-state index in [4.69, 9.17) is 16.3 Å². The van der Waals surface area contributed by atoms with Crippen molar-refractivity contribution in [3.8, 4) is 5.75 Å². The van der Waals surface area contributed by atoms with Gasteiger partial charge in [0.05, 0.1) is 7.11 Å². The third-order valence-electron chi connectivity index (χ3n) is 2.96. The molecule has 0 saturated heterocycles. The molecule has 1 aliphatic carbocycles. The molecule has 1 aliphatic rings. The third-order valence-corrected chi connectivity index (χ3v) is 3.29. The maximum absolute atomic E-state index is 13.5. The minimum atomic E-state index is -0.300. The van der Waals surface area contributed by atoms with Crippen LogP contribution in [-0.2, 0) is 0 Å². The summed E-state index contributed by atoms with van der Waals surface area (Å²) in [4.78, 5) is 0. The molecule has 1 unspecified atom stereocenters. The highest BCUT2D eigenvalue weighted by atomic mass is 35.5. The van der Waals surface area contributed by atoms with Gasteiger partial charge in [-0.15, -0.1) is 11.6 Å². The zero-order valence-corrected chi connectivity index (χ0v) is 9.43. The van der Waals surface area contributed by atoms with Crippen molar-refractivity contribution in [1.82, 2.24) is 0 Å². The standard InChI is InChI=1S/C12H14ClFO/c1-15-12-5-4-9(6-11(12)14)10(7-13)8-2-3-8/h4-6,8,10H,2-3,7H2,1H3. The van der Waals surface area contributed by atoms with E-state index in [9.17, 15) is 4.39 Å². The number of rotatable bonds is 4. The van der Waals surface area contributed by atoms with Crippen LogP contribution in [-0.4, -0.2) is 13.0 Å². The number of hydrogen-bond acceptors (Lipinski definition) is 1. The molecule has 0 radical (unpaired) electrons. The van der Waals surface area contributed by atoms with Crippen molar-refractivity contribution < 1.29 is 9.13 Å². The van der Waals surface area contributed by atoms with Crippen molar-refractivity contribution in [3.05, 3.63) is 29.6 Å². The van der Waals surface area contributed by atoms with Crippen LogP contribution in [0.2, 0.25) is 0 Å². The SMILES string of the molecule is COc1ccc(C(CCl)C2CC2)cc1F. The van der Waals surface area contributed by atoms with Crippen LogP contribution in [0.25, 0.3) is 0 Å². The number of ether oxygens (including phenoxy) is 1. The van der Waals surface area contributed by atoms with Gasteiger partial charge in [-0.25, -0.2) is 4.39 Å². The van der Waals surface area contributed by atoms with Gasteiger partial charge in [0.15, 0.2) is 11.6 Å². The fourth-order valence-electron chi connectivity index (χ4n) is 1.90. The lowest BCUT2D eigenvalue weighted by molar-refractivity contribution is 0.385. The fraction of sp³-hybridized carbons (Fsp3) is 0.500. The number of benzene rings is 1. The van der Waals surface area contributed by atoms with E-state index in [-0.39, 0.29) is 5.82 Å². The average molecular weight is 229 g/mol. The number of alkyl halides is 1. The maximum Gasteiger partial charge on any atom is 0.165 e. The van der Waals surface area contributed by atoms with Gasteiger partial charge in [-0.2, -0.15) is 0 Å². The Morgan fingerprint density at radius 1 is 1.53 bits per heavy atom. The molecule has 0 spiro atoms. The van der Waals surface area contributed by atoms with Gasteiger partial charge in [-0.1, -0.05) is 6.07 Å². The van der Waals surface area contributed by atoms with Crippen LogP contribution in [0.1, 0.15) is 24.3 Å². The molecule has 0 amide bonds. The van der Waals surface area contributed by atoms with Crippen LogP contribution in [0, 0.1) is 11.7 Å². The Morgan fingerprint density at radius 2 is 2.27 bits per heavy atom. The highest BCUT2D eigenvalue weighted by molar-refractivity contribution is 6.18. The second kappa shape index (κ2) is 4.40. The molecular formula is C12H14ClFO. The quantitative estimate of drug-likeness (QED) is 0.716. The fourth-order valence-corrected chi connectivity index (χ4v) is 2.33. The summed E-state index contributed by atoms with van der Waals surface area (Å²) in [5.41, 5.74) is 0.991. The van der Waals surface area contributed by atoms with E-state index in [1.165, 1.54) is 20.0 Å². The Bertz CT molecular complexity index is 349. The van der Waals surface area contributed by atoms with E-state index in [1.54, 1.807) is 12.1 Å². The van der Waals surface area contributed by atoms with Crippen molar-refractivity contribution in [2.24, 2.45) is 5.92 Å². The van der Waals surface area contributed by atoms with Crippen molar-refractivity contribution >= 4 is 11.6 Å². The largest absolute Gasteiger partial charge is 0.494 e. The van der Waals surface area contributed by atoms with Crippen molar-refractivity contribution in [3.63, 3.8) is 0 Å². The minimum Gasteiger partial charge on any atom is -0.494 e. The monoisotopic (exact) mass is 228 g/mol. The Hall–Kier alpha value is -0.760. The predicted octanol–water partition coefficient (Wildman–Crippen LogP) is 3.57. The van der Waals surface area contributed by atoms with Gasteiger partial charge < -0.3 is 4.74 Å². The van der Waals surface area contributed by atoms with Crippen LogP contribution in [0.15, 0.2) is 18.2 Å². The first-order chi connectivity index (χ1) is 7.26. The summed E-state index contributed by atoms with van der Waals surface area (Å²) in [6, 6.07) is 5.13. The number of halogens is 2. The Kier molecular flexibility index (Phi) is 3.15. The minimum absolute atomic E-state index is 0.294. The lowest BCUT2D eigenvalue weighted by atomic mass is 9.96. The zero-order chi connectivity index (χ0) is 10.8. The van der Waals surface area contributed by atoms with E-state index in [0.29, 0.717) is 23.5 Å². The Labute approximate surface area is 94.2 Å². The molecule has 82 valence electrons. The first kappa shape index (κ1) is 10.7. The highest BCUT2D eigenvalue weighted by Gasteiger charge is 2.31. The van der Waals surface area contributed by atoms with Gasteiger partial charge in [-0.3, -0.25) is 0 Å². The Balaban J connectivity index is 2.23. The molecule has 3 heteroatoms. The normalized spacial score (nSPS) is 17.5. The number of methoxy groups -OCH3 is 1. The lowest BCUT2D eigenvalue weighted by Crippen LogP contribution is -2.03. The molecule has 0 aliphatic heterocycles. The summed E-state index contributed by atoms with van der Waals surface area (Å²) in [5, 5.41) is 0. The first-order valence-electron chi connectivity index (χ1n) is 5.15. The van der Waals surface area contributed by atoms with E-state index in [0.717, 1.165) is 5.56 Å². The molecule has 2 rings (SSSR count). The third kappa shape index (κ3) is 2.25. The molecular weight excluding hydrogens is 215 g/mol. The molecule has 1 aromatic rings. The summed E-state index contributed by atoms with van der Waals surface area (Å²) < 4.78 is 18.3. The van der Waals surface area contributed by atoms with Gasteiger partial charge in [-0.05, 0) is 36.5 Å². The zero-order valence-electron chi connectivity index (χ0n) is 8.67. The van der Waals surface area contributed by atoms with Crippen LogP contribution < -0.4 is 4.74 Å². The molecule has 15 heavy (non-hydrogen) atoms. The van der Waals surface area contributed by atoms with Crippen molar-refractivity contribution in [1.29, 1.82) is 0 Å². The van der Waals surface area contributed by atoms with E-state index < -0.39 is 0 Å². The second-order valence-electron chi connectivity index (χ2n) is 3.99. The molecule has 0 heterocycles. The van der Waals surface area contributed by atoms with Gasteiger partial charge in [0.1, 0.15) is 0 Å². The highest BCUT2D eigenvalue weighted by Crippen LogP contribution is 2.43. The summed E-state index contributed by atoms with van der Waals surface area (Å²) in [5.74, 6) is 1.51. The maximum atomic E-state index is 13.5. The topological polar surface area (TPSA) is 9.23 Å². The van der Waals surface area contributed by atoms with E-state index in [2.05, 4.69) is 0 Å². The van der Waals surface area contributed by atoms with E-state index in [1.807, 2.05) is 6.07 Å². The van der Waals surface area contributed by atoms with Crippen molar-refractivity contribution in [2.75, 3.05) is 13.0 Å². The number of hydrogen-bond donors (Lipinski definition) is 0. The summed E-state index contributed by atoms with van der Waals surface area (Å²) >= 11 is 5.91. The molecule has 0 N–H and O–H groups in total. The van der Waals surface area contributed by atoms with Gasteiger partial charge in [0, 0.05) is 11.8 Å². The molecule has 1 atom stereocenters. The van der Waals surface area contributed by atoms with Gasteiger partial charge in [0.25, 0.3) is 0 Å². The predicted molar refractivity (Wildman–Crippen MR) is 59.1 cm³/mol. The van der Waals surface area contributed by atoms with Crippen LogP contribution in [0.3, 0.4) is 0 Å². The lowest BCUT2D eigenvalue weighted by Gasteiger charge is -2.14. The second-order valence-corrected chi connectivity index (χ2v) is 4.30. The van der Waals surface area contributed by atoms with E-state index >= 15 is 0 Å². The molecule has 1 nitrogen and oxygen atoms in total. The molecule has 1 fully saturated rings. The van der Waals surface area contributed by atoms with Crippen LogP contribution >= 0.6 is 11.6 Å².